The monoisotopic (exact) mass is 409 g/mol. The van der Waals surface area contributed by atoms with Crippen LogP contribution in [0, 0.1) is 5.82 Å². The van der Waals surface area contributed by atoms with E-state index in [2.05, 4.69) is 10.1 Å². The summed E-state index contributed by atoms with van der Waals surface area (Å²) in [6, 6.07) is 4.73. The van der Waals surface area contributed by atoms with E-state index >= 15 is 0 Å². The molecular weight excluding hydrogens is 385 g/mol. The number of hydrogen-bond acceptors (Lipinski definition) is 3. The average Bonchev–Trinajstić information content (AvgIpc) is 3.19. The number of aromatic amines is 1. The van der Waals surface area contributed by atoms with Gasteiger partial charge in [0.1, 0.15) is 18.2 Å². The van der Waals surface area contributed by atoms with Crippen LogP contribution in [0.1, 0.15) is 37.1 Å². The number of nitrogens with zero attached hydrogens (tertiary/aromatic N) is 4. The van der Waals surface area contributed by atoms with Crippen molar-refractivity contribution in [3.05, 3.63) is 58.2 Å². The van der Waals surface area contributed by atoms with Crippen LogP contribution in [0.5, 0.6) is 0 Å². The maximum atomic E-state index is 13.4. The number of fused-ring (bicyclic) bond motifs is 2. The molecule has 8 heteroatoms. The van der Waals surface area contributed by atoms with Crippen molar-refractivity contribution in [3.8, 4) is 0 Å². The molecule has 0 saturated carbocycles. The van der Waals surface area contributed by atoms with E-state index in [9.17, 15) is 14.0 Å². The lowest BCUT2D eigenvalue weighted by molar-refractivity contribution is -0.131. The van der Waals surface area contributed by atoms with Crippen molar-refractivity contribution in [1.82, 2.24) is 24.2 Å². The van der Waals surface area contributed by atoms with Crippen molar-refractivity contribution in [2.75, 3.05) is 13.1 Å². The molecule has 0 spiro atoms. The predicted molar refractivity (Wildman–Crippen MR) is 111 cm³/mol. The Morgan fingerprint density at radius 2 is 2.07 bits per heavy atom. The van der Waals surface area contributed by atoms with E-state index in [0.717, 1.165) is 53.5 Å². The largest absolute Gasteiger partial charge is 0.360 e. The second kappa shape index (κ2) is 7.59. The third kappa shape index (κ3) is 3.36. The first-order valence-corrected chi connectivity index (χ1v) is 10.5. The van der Waals surface area contributed by atoms with Crippen molar-refractivity contribution in [3.63, 3.8) is 0 Å². The predicted octanol–water partition coefficient (Wildman–Crippen LogP) is 2.71. The summed E-state index contributed by atoms with van der Waals surface area (Å²) in [6.07, 6.45) is 8.56. The van der Waals surface area contributed by atoms with Crippen molar-refractivity contribution >= 4 is 22.4 Å². The van der Waals surface area contributed by atoms with Crippen molar-refractivity contribution < 1.29 is 9.18 Å². The standard InChI is InChI=1S/C22H24FN5O2/c23-16-5-6-17-18(13-24-19(17)12-16)15-7-10-26(11-8-15)21(29)14-28-22(30)27-9-3-1-2-4-20(27)25-28/h5-7,12-13,24H,1-4,8-11,14H2. The lowest BCUT2D eigenvalue weighted by Crippen LogP contribution is -2.39. The molecule has 0 fully saturated rings. The second-order valence-electron chi connectivity index (χ2n) is 8.03. The SMILES string of the molecule is O=C(Cn1nc2n(c1=O)CCCCC2)N1CC=C(c2c[nH]c3cc(F)ccc23)CC1. The van der Waals surface area contributed by atoms with Crippen LogP contribution in [-0.2, 0) is 24.3 Å². The van der Waals surface area contributed by atoms with Gasteiger partial charge < -0.3 is 9.88 Å². The Labute approximate surface area is 172 Å². The zero-order chi connectivity index (χ0) is 20.7. The maximum absolute atomic E-state index is 13.4. The second-order valence-corrected chi connectivity index (χ2v) is 8.03. The molecule has 0 saturated heterocycles. The van der Waals surface area contributed by atoms with Gasteiger partial charge in [-0.1, -0.05) is 12.5 Å². The van der Waals surface area contributed by atoms with E-state index < -0.39 is 0 Å². The Bertz CT molecular complexity index is 1200. The van der Waals surface area contributed by atoms with Gasteiger partial charge in [-0.2, -0.15) is 5.10 Å². The van der Waals surface area contributed by atoms with E-state index in [-0.39, 0.29) is 24.0 Å². The summed E-state index contributed by atoms with van der Waals surface area (Å²) in [5.74, 6) is 0.431. The molecule has 0 aliphatic carbocycles. The molecule has 4 heterocycles. The molecule has 1 aromatic carbocycles. The minimum atomic E-state index is -0.267. The number of rotatable bonds is 3. The topological polar surface area (TPSA) is 75.9 Å². The molecule has 2 aromatic heterocycles. The highest BCUT2D eigenvalue weighted by molar-refractivity contribution is 5.93. The fourth-order valence-corrected chi connectivity index (χ4v) is 4.46. The number of carbonyl (C=O) groups excluding carboxylic acids is 1. The highest BCUT2D eigenvalue weighted by atomic mass is 19.1. The van der Waals surface area contributed by atoms with Crippen LogP contribution in [-0.4, -0.2) is 43.2 Å². The number of amides is 1. The molecular formula is C22H24FN5O2. The number of benzene rings is 1. The van der Waals surface area contributed by atoms with Crippen LogP contribution in [0.25, 0.3) is 16.5 Å². The fraction of sp³-hybridized carbons (Fsp3) is 0.409. The lowest BCUT2D eigenvalue weighted by atomic mass is 9.99. The van der Waals surface area contributed by atoms with E-state index in [1.165, 1.54) is 16.8 Å². The number of carbonyl (C=O) groups is 1. The van der Waals surface area contributed by atoms with Gasteiger partial charge in [-0.3, -0.25) is 9.36 Å². The zero-order valence-electron chi connectivity index (χ0n) is 16.7. The van der Waals surface area contributed by atoms with E-state index in [1.807, 2.05) is 12.3 Å². The van der Waals surface area contributed by atoms with Gasteiger partial charge in [-0.15, -0.1) is 0 Å². The van der Waals surface area contributed by atoms with Gasteiger partial charge in [-0.25, -0.2) is 13.9 Å². The molecule has 7 nitrogen and oxygen atoms in total. The Morgan fingerprint density at radius 3 is 2.90 bits per heavy atom. The molecule has 156 valence electrons. The summed E-state index contributed by atoms with van der Waals surface area (Å²) in [6.45, 7) is 1.74. The van der Waals surface area contributed by atoms with Gasteiger partial charge in [0, 0.05) is 48.7 Å². The summed E-state index contributed by atoms with van der Waals surface area (Å²) < 4.78 is 16.5. The first-order chi connectivity index (χ1) is 14.6. The first kappa shape index (κ1) is 18.8. The van der Waals surface area contributed by atoms with E-state index in [4.69, 9.17) is 0 Å². The number of aryl methyl sites for hydroxylation is 1. The molecule has 0 unspecified atom stereocenters. The molecule has 0 atom stereocenters. The Balaban J connectivity index is 1.30. The van der Waals surface area contributed by atoms with Gasteiger partial charge in [0.25, 0.3) is 0 Å². The number of nitrogens with one attached hydrogen (secondary N) is 1. The van der Waals surface area contributed by atoms with Gasteiger partial charge in [-0.05, 0) is 43.0 Å². The van der Waals surface area contributed by atoms with Crippen LogP contribution in [0.3, 0.4) is 0 Å². The molecule has 2 aliphatic rings. The minimum Gasteiger partial charge on any atom is -0.360 e. The Hall–Kier alpha value is -3.16. The van der Waals surface area contributed by atoms with E-state index in [1.54, 1.807) is 15.5 Å². The molecule has 0 bridgehead atoms. The molecule has 0 radical (unpaired) electrons. The van der Waals surface area contributed by atoms with E-state index in [0.29, 0.717) is 26.1 Å². The van der Waals surface area contributed by atoms with Gasteiger partial charge in [0.05, 0.1) is 0 Å². The number of H-pyrrole nitrogens is 1. The molecule has 1 amide bonds. The smallest absolute Gasteiger partial charge is 0.346 e. The quantitative estimate of drug-likeness (QED) is 0.723. The van der Waals surface area contributed by atoms with Crippen LogP contribution in [0.2, 0.25) is 0 Å². The summed E-state index contributed by atoms with van der Waals surface area (Å²) in [5.41, 5.74) is 2.77. The van der Waals surface area contributed by atoms with Gasteiger partial charge >= 0.3 is 5.69 Å². The number of aromatic nitrogens is 4. The first-order valence-electron chi connectivity index (χ1n) is 10.5. The van der Waals surface area contributed by atoms with Crippen LogP contribution >= 0.6 is 0 Å². The summed E-state index contributed by atoms with van der Waals surface area (Å²) >= 11 is 0. The maximum Gasteiger partial charge on any atom is 0.346 e. The lowest BCUT2D eigenvalue weighted by Gasteiger charge is -2.26. The Morgan fingerprint density at radius 1 is 1.17 bits per heavy atom. The minimum absolute atomic E-state index is 0.0195. The van der Waals surface area contributed by atoms with Crippen molar-refractivity contribution in [2.45, 2.75) is 45.2 Å². The number of halogens is 1. The van der Waals surface area contributed by atoms with Gasteiger partial charge in [0.15, 0.2) is 0 Å². The summed E-state index contributed by atoms with van der Waals surface area (Å²) in [5, 5.41) is 5.39. The zero-order valence-corrected chi connectivity index (χ0v) is 16.7. The molecule has 5 rings (SSSR count). The normalized spacial score (nSPS) is 17.0. The average molecular weight is 409 g/mol. The molecule has 2 aliphatic heterocycles. The summed E-state index contributed by atoms with van der Waals surface area (Å²) in [7, 11) is 0. The van der Waals surface area contributed by atoms with Crippen LogP contribution in [0.4, 0.5) is 4.39 Å². The van der Waals surface area contributed by atoms with Crippen molar-refractivity contribution in [1.29, 1.82) is 0 Å². The van der Waals surface area contributed by atoms with Crippen molar-refractivity contribution in [2.24, 2.45) is 0 Å². The highest BCUT2D eigenvalue weighted by Gasteiger charge is 2.22. The molecule has 3 aromatic rings. The van der Waals surface area contributed by atoms with Crippen LogP contribution < -0.4 is 5.69 Å². The highest BCUT2D eigenvalue weighted by Crippen LogP contribution is 2.29. The third-order valence-electron chi connectivity index (χ3n) is 6.12. The fourth-order valence-electron chi connectivity index (χ4n) is 4.46. The molecule has 1 N–H and O–H groups in total. The van der Waals surface area contributed by atoms with Gasteiger partial charge in [0.2, 0.25) is 5.91 Å². The number of hydrogen-bond donors (Lipinski definition) is 1. The third-order valence-corrected chi connectivity index (χ3v) is 6.12. The summed E-state index contributed by atoms with van der Waals surface area (Å²) in [4.78, 5) is 30.3. The Kier molecular flexibility index (Phi) is 4.77. The van der Waals surface area contributed by atoms with Crippen LogP contribution in [0.15, 0.2) is 35.3 Å². The molecule has 30 heavy (non-hydrogen) atoms.